The second kappa shape index (κ2) is 8.37. The predicted octanol–water partition coefficient (Wildman–Crippen LogP) is 3.34. The second-order valence-corrected chi connectivity index (χ2v) is 6.89. The normalized spacial score (nSPS) is 17.2. The first-order valence-corrected chi connectivity index (χ1v) is 9.06. The molecular weight excluding hydrogens is 334 g/mol. The van der Waals surface area contributed by atoms with E-state index in [9.17, 15) is 4.79 Å². The van der Waals surface area contributed by atoms with Crippen LogP contribution >= 0.6 is 11.6 Å². The molecule has 132 valence electrons. The third-order valence-electron chi connectivity index (χ3n) is 4.58. The summed E-state index contributed by atoms with van der Waals surface area (Å²) in [6, 6.07) is 16.3. The van der Waals surface area contributed by atoms with Crippen LogP contribution in [0, 0.1) is 0 Å². The molecule has 0 radical (unpaired) electrons. The van der Waals surface area contributed by atoms with Gasteiger partial charge in [0.25, 0.3) is 0 Å². The number of rotatable bonds is 6. The van der Waals surface area contributed by atoms with Crippen LogP contribution in [-0.2, 0) is 17.9 Å². The fourth-order valence-corrected chi connectivity index (χ4v) is 3.25. The maximum Gasteiger partial charge on any atom is 0.237 e. The Morgan fingerprint density at radius 3 is 2.68 bits per heavy atom. The summed E-state index contributed by atoms with van der Waals surface area (Å²) < 4.78 is 0. The molecule has 25 heavy (non-hydrogen) atoms. The van der Waals surface area contributed by atoms with E-state index in [0.717, 1.165) is 42.2 Å². The fourth-order valence-electron chi connectivity index (χ4n) is 3.05. The Balaban J connectivity index is 1.56. The third-order valence-corrected chi connectivity index (χ3v) is 4.95. The van der Waals surface area contributed by atoms with E-state index in [4.69, 9.17) is 11.6 Å². The lowest BCUT2D eigenvalue weighted by atomic mass is 10.1. The smallest absolute Gasteiger partial charge is 0.237 e. The van der Waals surface area contributed by atoms with Crippen molar-refractivity contribution < 1.29 is 4.79 Å². The average molecular weight is 358 g/mol. The molecule has 2 N–H and O–H groups in total. The topological polar surface area (TPSA) is 44.4 Å². The van der Waals surface area contributed by atoms with Gasteiger partial charge in [0, 0.05) is 37.4 Å². The quantitative estimate of drug-likeness (QED) is 0.833. The van der Waals surface area contributed by atoms with Crippen LogP contribution in [-0.4, -0.2) is 25.5 Å². The first-order chi connectivity index (χ1) is 12.1. The van der Waals surface area contributed by atoms with Crippen molar-refractivity contribution in [1.82, 2.24) is 10.6 Å². The Kier molecular flexibility index (Phi) is 5.95. The lowest BCUT2D eigenvalue weighted by Crippen LogP contribution is -2.47. The minimum Gasteiger partial charge on any atom is -0.370 e. The van der Waals surface area contributed by atoms with Crippen molar-refractivity contribution in [1.29, 1.82) is 0 Å². The van der Waals surface area contributed by atoms with Gasteiger partial charge in [0.2, 0.25) is 5.91 Å². The van der Waals surface area contributed by atoms with Gasteiger partial charge in [0.1, 0.15) is 0 Å². The molecule has 0 bridgehead atoms. The number of hydrogen-bond donors (Lipinski definition) is 2. The zero-order chi connectivity index (χ0) is 17.6. The van der Waals surface area contributed by atoms with E-state index in [2.05, 4.69) is 46.8 Å². The molecule has 1 aliphatic rings. The van der Waals surface area contributed by atoms with Crippen LogP contribution in [0.15, 0.2) is 48.5 Å². The second-order valence-electron chi connectivity index (χ2n) is 6.48. The summed E-state index contributed by atoms with van der Waals surface area (Å²) in [5.41, 5.74) is 3.42. The summed E-state index contributed by atoms with van der Waals surface area (Å²) in [5, 5.41) is 7.03. The van der Waals surface area contributed by atoms with Gasteiger partial charge < -0.3 is 15.5 Å². The number of carbonyl (C=O) groups is 1. The predicted molar refractivity (Wildman–Crippen MR) is 103 cm³/mol. The van der Waals surface area contributed by atoms with Crippen LogP contribution in [0.25, 0.3) is 0 Å². The SMILES string of the molecule is CN(Cc1ccccc1Cl)c1ccc(CNC2CCCNC2=O)cc1. The Hall–Kier alpha value is -2.04. The van der Waals surface area contributed by atoms with Crippen LogP contribution in [0.5, 0.6) is 0 Å². The van der Waals surface area contributed by atoms with Gasteiger partial charge in [0.15, 0.2) is 0 Å². The van der Waals surface area contributed by atoms with Crippen LogP contribution in [0.3, 0.4) is 0 Å². The number of nitrogens with one attached hydrogen (secondary N) is 2. The van der Waals surface area contributed by atoms with E-state index in [1.165, 1.54) is 5.56 Å². The number of benzene rings is 2. The van der Waals surface area contributed by atoms with E-state index in [1.807, 2.05) is 24.3 Å². The van der Waals surface area contributed by atoms with Gasteiger partial charge in [-0.15, -0.1) is 0 Å². The van der Waals surface area contributed by atoms with Crippen molar-refractivity contribution in [3.8, 4) is 0 Å². The Bertz CT molecular complexity index is 717. The number of carbonyl (C=O) groups excluding carboxylic acids is 1. The molecular formula is C20H24ClN3O. The molecule has 3 rings (SSSR count). The van der Waals surface area contributed by atoms with E-state index >= 15 is 0 Å². The van der Waals surface area contributed by atoms with E-state index in [1.54, 1.807) is 0 Å². The molecule has 2 aromatic carbocycles. The molecule has 1 fully saturated rings. The number of nitrogens with zero attached hydrogens (tertiary/aromatic N) is 1. The molecule has 1 saturated heterocycles. The average Bonchev–Trinajstić information content (AvgIpc) is 2.63. The maximum absolute atomic E-state index is 11.8. The summed E-state index contributed by atoms with van der Waals surface area (Å²) in [4.78, 5) is 13.9. The third kappa shape index (κ3) is 4.74. The van der Waals surface area contributed by atoms with Gasteiger partial charge in [-0.2, -0.15) is 0 Å². The van der Waals surface area contributed by atoms with Crippen LogP contribution in [0.4, 0.5) is 5.69 Å². The van der Waals surface area contributed by atoms with Gasteiger partial charge in [-0.25, -0.2) is 0 Å². The Morgan fingerprint density at radius 2 is 1.96 bits per heavy atom. The Labute approximate surface area is 154 Å². The van der Waals surface area contributed by atoms with E-state index in [0.29, 0.717) is 6.54 Å². The Morgan fingerprint density at radius 1 is 1.20 bits per heavy atom. The molecule has 1 heterocycles. The highest BCUT2D eigenvalue weighted by molar-refractivity contribution is 6.31. The summed E-state index contributed by atoms with van der Waals surface area (Å²) in [7, 11) is 2.06. The highest BCUT2D eigenvalue weighted by Gasteiger charge is 2.20. The fraction of sp³-hybridized carbons (Fsp3) is 0.350. The summed E-state index contributed by atoms with van der Waals surface area (Å²) in [6.45, 7) is 2.26. The van der Waals surface area contributed by atoms with Gasteiger partial charge in [-0.3, -0.25) is 4.79 Å². The minimum absolute atomic E-state index is 0.0728. The standard InChI is InChI=1S/C20H24ClN3O/c1-24(14-16-5-2-3-6-18(16)21)17-10-8-15(9-11-17)13-23-19-7-4-12-22-20(19)25/h2-3,5-6,8-11,19,23H,4,7,12-14H2,1H3,(H,22,25). The van der Waals surface area contributed by atoms with Crippen molar-refractivity contribution >= 4 is 23.2 Å². The molecule has 0 saturated carbocycles. The van der Waals surface area contributed by atoms with Gasteiger partial charge >= 0.3 is 0 Å². The molecule has 0 spiro atoms. The molecule has 0 aliphatic carbocycles. The molecule has 2 aromatic rings. The number of anilines is 1. The van der Waals surface area contributed by atoms with E-state index < -0.39 is 0 Å². The van der Waals surface area contributed by atoms with Gasteiger partial charge in [0.05, 0.1) is 6.04 Å². The van der Waals surface area contributed by atoms with Crippen LogP contribution in [0.2, 0.25) is 5.02 Å². The molecule has 1 atom stereocenters. The number of hydrogen-bond acceptors (Lipinski definition) is 3. The van der Waals surface area contributed by atoms with Gasteiger partial charge in [-0.1, -0.05) is 41.9 Å². The van der Waals surface area contributed by atoms with Crippen LogP contribution in [0.1, 0.15) is 24.0 Å². The molecule has 1 amide bonds. The van der Waals surface area contributed by atoms with Crippen LogP contribution < -0.4 is 15.5 Å². The maximum atomic E-state index is 11.8. The summed E-state index contributed by atoms with van der Waals surface area (Å²) in [6.07, 6.45) is 1.94. The van der Waals surface area contributed by atoms with Crippen molar-refractivity contribution in [2.24, 2.45) is 0 Å². The zero-order valence-corrected chi connectivity index (χ0v) is 15.2. The largest absolute Gasteiger partial charge is 0.370 e. The molecule has 0 aromatic heterocycles. The summed E-state index contributed by atoms with van der Waals surface area (Å²) >= 11 is 6.24. The monoisotopic (exact) mass is 357 g/mol. The number of amides is 1. The molecule has 1 unspecified atom stereocenters. The zero-order valence-electron chi connectivity index (χ0n) is 14.5. The first kappa shape index (κ1) is 17.8. The highest BCUT2D eigenvalue weighted by Crippen LogP contribution is 2.21. The van der Waals surface area contributed by atoms with Crippen molar-refractivity contribution in [3.05, 3.63) is 64.7 Å². The first-order valence-electron chi connectivity index (χ1n) is 8.68. The van der Waals surface area contributed by atoms with E-state index in [-0.39, 0.29) is 11.9 Å². The molecule has 4 nitrogen and oxygen atoms in total. The van der Waals surface area contributed by atoms with Crippen molar-refractivity contribution in [3.63, 3.8) is 0 Å². The molecule has 1 aliphatic heterocycles. The summed E-state index contributed by atoms with van der Waals surface area (Å²) in [5.74, 6) is 0.113. The lowest BCUT2D eigenvalue weighted by Gasteiger charge is -2.23. The minimum atomic E-state index is -0.0728. The number of piperidine rings is 1. The highest BCUT2D eigenvalue weighted by atomic mass is 35.5. The number of halogens is 1. The van der Waals surface area contributed by atoms with Crippen molar-refractivity contribution in [2.45, 2.75) is 32.0 Å². The van der Waals surface area contributed by atoms with Gasteiger partial charge in [-0.05, 0) is 42.2 Å². The van der Waals surface area contributed by atoms with Crippen molar-refractivity contribution in [2.75, 3.05) is 18.5 Å². The lowest BCUT2D eigenvalue weighted by molar-refractivity contribution is -0.124. The molecule has 5 heteroatoms.